The van der Waals surface area contributed by atoms with E-state index in [2.05, 4.69) is 6.58 Å². The number of hydrogen-bond donors (Lipinski definition) is 2. The Bertz CT molecular complexity index is 558. The molecule has 4 nitrogen and oxygen atoms in total. The van der Waals surface area contributed by atoms with Crippen LogP contribution in [0.1, 0.15) is 53.9 Å². The van der Waals surface area contributed by atoms with Gasteiger partial charge in [-0.05, 0) is 65.2 Å². The second-order valence-corrected chi connectivity index (χ2v) is 6.71. The Morgan fingerprint density at radius 1 is 1.17 bits per heavy atom. The van der Waals surface area contributed by atoms with Gasteiger partial charge < -0.3 is 10.2 Å². The van der Waals surface area contributed by atoms with Crippen molar-refractivity contribution in [3.8, 4) is 0 Å². The zero-order valence-electron chi connectivity index (χ0n) is 15.4. The van der Waals surface area contributed by atoms with E-state index in [0.717, 1.165) is 11.1 Å². The van der Waals surface area contributed by atoms with Crippen molar-refractivity contribution in [2.45, 2.75) is 65.6 Å². The van der Waals surface area contributed by atoms with E-state index in [1.807, 2.05) is 13.0 Å². The fraction of sp³-hybridized carbons (Fsp3) is 0.500. The zero-order chi connectivity index (χ0) is 18.9. The van der Waals surface area contributed by atoms with Gasteiger partial charge in [-0.15, -0.1) is 6.58 Å². The highest BCUT2D eigenvalue weighted by atomic mass is 16.3. The van der Waals surface area contributed by atoms with Gasteiger partial charge in [-0.25, -0.2) is 0 Å². The molecule has 0 saturated carbocycles. The van der Waals surface area contributed by atoms with Crippen LogP contribution >= 0.6 is 0 Å². The molecule has 2 unspecified atom stereocenters. The van der Waals surface area contributed by atoms with Crippen LogP contribution in [0.2, 0.25) is 0 Å². The highest BCUT2D eigenvalue weighted by molar-refractivity contribution is 5.95. The Morgan fingerprint density at radius 2 is 1.75 bits per heavy atom. The first kappa shape index (κ1) is 22.2. The Labute approximate surface area is 145 Å². The van der Waals surface area contributed by atoms with E-state index < -0.39 is 11.7 Å². The fourth-order valence-corrected chi connectivity index (χ4v) is 2.05. The summed E-state index contributed by atoms with van der Waals surface area (Å²) in [5, 5.41) is 19.7. The lowest BCUT2D eigenvalue weighted by molar-refractivity contribution is -0.120. The predicted molar refractivity (Wildman–Crippen MR) is 97.6 cm³/mol. The molecule has 0 radical (unpaired) electrons. The monoisotopic (exact) mass is 334 g/mol. The minimum atomic E-state index is -1.19. The second-order valence-electron chi connectivity index (χ2n) is 6.71. The summed E-state index contributed by atoms with van der Waals surface area (Å²) in [7, 11) is 0. The van der Waals surface area contributed by atoms with Crippen LogP contribution in [0.3, 0.4) is 0 Å². The maximum Gasteiger partial charge on any atom is 0.188 e. The summed E-state index contributed by atoms with van der Waals surface area (Å²) >= 11 is 0. The highest BCUT2D eigenvalue weighted by Crippen LogP contribution is 2.14. The largest absolute Gasteiger partial charge is 0.386 e. The van der Waals surface area contributed by atoms with E-state index in [-0.39, 0.29) is 18.0 Å². The van der Waals surface area contributed by atoms with Gasteiger partial charge in [0.25, 0.3) is 0 Å². The van der Waals surface area contributed by atoms with Gasteiger partial charge in [-0.1, -0.05) is 23.3 Å². The number of aliphatic hydroxyl groups excluding tert-OH is 1. The Hall–Kier alpha value is -1.78. The highest BCUT2D eigenvalue weighted by Gasteiger charge is 2.19. The summed E-state index contributed by atoms with van der Waals surface area (Å²) < 4.78 is 0. The number of allylic oxidation sites excluding steroid dienone is 4. The van der Waals surface area contributed by atoms with Gasteiger partial charge in [0, 0.05) is 6.42 Å². The quantitative estimate of drug-likeness (QED) is 0.474. The summed E-state index contributed by atoms with van der Waals surface area (Å²) in [4.78, 5) is 23.6. The van der Waals surface area contributed by atoms with Crippen molar-refractivity contribution >= 4 is 11.6 Å². The average Bonchev–Trinajstić information content (AvgIpc) is 2.44. The van der Waals surface area contributed by atoms with Crippen LogP contribution in [0.4, 0.5) is 0 Å². The van der Waals surface area contributed by atoms with Gasteiger partial charge in [0.15, 0.2) is 11.6 Å². The van der Waals surface area contributed by atoms with Gasteiger partial charge in [-0.3, -0.25) is 9.59 Å². The molecule has 0 aromatic heterocycles. The smallest absolute Gasteiger partial charge is 0.188 e. The first-order valence-electron chi connectivity index (χ1n) is 8.08. The molecule has 4 heteroatoms. The molecule has 0 bridgehead atoms. The lowest BCUT2D eigenvalue weighted by Crippen LogP contribution is -2.23. The third-order valence-corrected chi connectivity index (χ3v) is 3.52. The predicted octanol–water partition coefficient (Wildman–Crippen LogP) is 3.45. The minimum Gasteiger partial charge on any atom is -0.386 e. The summed E-state index contributed by atoms with van der Waals surface area (Å²) in [6, 6.07) is 0. The maximum atomic E-state index is 11.8. The van der Waals surface area contributed by atoms with E-state index in [0.29, 0.717) is 18.4 Å². The van der Waals surface area contributed by atoms with Crippen molar-refractivity contribution in [2.75, 3.05) is 0 Å². The Morgan fingerprint density at radius 3 is 2.25 bits per heavy atom. The van der Waals surface area contributed by atoms with Crippen LogP contribution in [0, 0.1) is 0 Å². The van der Waals surface area contributed by atoms with E-state index >= 15 is 0 Å². The van der Waals surface area contributed by atoms with Gasteiger partial charge in [0.2, 0.25) is 0 Å². The summed E-state index contributed by atoms with van der Waals surface area (Å²) in [5.41, 5.74) is 1.14. The summed E-state index contributed by atoms with van der Waals surface area (Å²) in [6.45, 7) is 12.2. The summed E-state index contributed by atoms with van der Waals surface area (Å²) in [6.07, 6.45) is 6.26. The SMILES string of the molecule is C=CC(C)(O)CC(=O)C=C(C)CCC=C(C)C(O)C(=O)C=C(C)C. The number of carbonyl (C=O) groups excluding carboxylic acids is 2. The number of rotatable bonds is 10. The van der Waals surface area contributed by atoms with Crippen LogP contribution in [-0.4, -0.2) is 33.5 Å². The first-order valence-corrected chi connectivity index (χ1v) is 8.08. The molecule has 0 aliphatic heterocycles. The van der Waals surface area contributed by atoms with Gasteiger partial charge in [-0.2, -0.15) is 0 Å². The summed E-state index contributed by atoms with van der Waals surface area (Å²) in [5.74, 6) is -0.477. The van der Waals surface area contributed by atoms with Crippen molar-refractivity contribution in [3.63, 3.8) is 0 Å². The van der Waals surface area contributed by atoms with Crippen molar-refractivity contribution in [3.05, 3.63) is 47.6 Å². The first-order chi connectivity index (χ1) is 11.0. The maximum absolute atomic E-state index is 11.8. The zero-order valence-corrected chi connectivity index (χ0v) is 15.4. The number of carbonyl (C=O) groups is 2. The molecule has 0 aliphatic carbocycles. The van der Waals surface area contributed by atoms with Gasteiger partial charge in [0.1, 0.15) is 6.10 Å². The van der Waals surface area contributed by atoms with E-state index in [1.165, 1.54) is 25.2 Å². The molecule has 0 aromatic carbocycles. The lowest BCUT2D eigenvalue weighted by atomic mass is 9.98. The van der Waals surface area contributed by atoms with Crippen LogP contribution in [0.25, 0.3) is 0 Å². The molecule has 0 fully saturated rings. The fourth-order valence-electron chi connectivity index (χ4n) is 2.05. The molecule has 0 amide bonds. The number of aliphatic hydroxyl groups is 2. The average molecular weight is 334 g/mol. The van der Waals surface area contributed by atoms with Crippen molar-refractivity contribution in [1.82, 2.24) is 0 Å². The molecule has 2 atom stereocenters. The normalized spacial score (nSPS) is 16.1. The number of hydrogen-bond acceptors (Lipinski definition) is 4. The lowest BCUT2D eigenvalue weighted by Gasteiger charge is -2.16. The van der Waals surface area contributed by atoms with E-state index in [1.54, 1.807) is 20.8 Å². The number of ketones is 2. The van der Waals surface area contributed by atoms with E-state index in [4.69, 9.17) is 0 Å². The van der Waals surface area contributed by atoms with Gasteiger partial charge >= 0.3 is 0 Å². The van der Waals surface area contributed by atoms with E-state index in [9.17, 15) is 19.8 Å². The van der Waals surface area contributed by atoms with Crippen LogP contribution < -0.4 is 0 Å². The molecule has 2 N–H and O–H groups in total. The topological polar surface area (TPSA) is 74.6 Å². The standard InChI is InChI=1S/C20H30O4/c1-7-20(6,24)13-17(21)12-15(4)9-8-10-16(5)19(23)18(22)11-14(2)3/h7,10-12,19,23-24H,1,8-9,13H2,2-6H3. The molecule has 0 aromatic rings. The molecule has 134 valence electrons. The molecule has 0 saturated heterocycles. The molecule has 0 aliphatic rings. The third-order valence-electron chi connectivity index (χ3n) is 3.52. The molecule has 0 heterocycles. The molecule has 24 heavy (non-hydrogen) atoms. The molecule has 0 spiro atoms. The van der Waals surface area contributed by atoms with Gasteiger partial charge in [0.05, 0.1) is 5.60 Å². The van der Waals surface area contributed by atoms with Crippen LogP contribution in [0.15, 0.2) is 47.6 Å². The third kappa shape index (κ3) is 9.38. The van der Waals surface area contributed by atoms with Crippen molar-refractivity contribution in [1.29, 1.82) is 0 Å². The molecular weight excluding hydrogens is 304 g/mol. The minimum absolute atomic E-state index is 0.00136. The van der Waals surface area contributed by atoms with Crippen molar-refractivity contribution in [2.24, 2.45) is 0 Å². The Kier molecular flexibility index (Phi) is 9.41. The van der Waals surface area contributed by atoms with Crippen LogP contribution in [0.5, 0.6) is 0 Å². The van der Waals surface area contributed by atoms with Crippen molar-refractivity contribution < 1.29 is 19.8 Å². The Balaban J connectivity index is 4.60. The molecular formula is C20H30O4. The second kappa shape index (κ2) is 10.2. The molecule has 0 rings (SSSR count). The van der Waals surface area contributed by atoms with Crippen LogP contribution in [-0.2, 0) is 9.59 Å².